The lowest BCUT2D eigenvalue weighted by Gasteiger charge is -2.22. The number of hydrogen-bond donors (Lipinski definition) is 3. The third kappa shape index (κ3) is 5.06. The summed E-state index contributed by atoms with van der Waals surface area (Å²) >= 11 is 0. The van der Waals surface area contributed by atoms with Gasteiger partial charge in [0.2, 0.25) is 0 Å². The van der Waals surface area contributed by atoms with E-state index in [0.29, 0.717) is 42.3 Å². The number of rotatable bonds is 5. The van der Waals surface area contributed by atoms with Gasteiger partial charge >= 0.3 is 0 Å². The molecule has 2 saturated heterocycles. The SMILES string of the molecule is CN=C(NCCNC(=O)c1ccc(C)c(F)c1)NC1CC2CCC1O2.I. The predicted molar refractivity (Wildman–Crippen MR) is 110 cm³/mol. The molecule has 8 heteroatoms. The number of nitrogens with zero attached hydrogens (tertiary/aromatic N) is 1. The molecule has 2 aliphatic rings. The summed E-state index contributed by atoms with van der Waals surface area (Å²) in [6, 6.07) is 4.78. The molecule has 2 bridgehead atoms. The number of amides is 1. The molecule has 0 saturated carbocycles. The number of hydrogen-bond acceptors (Lipinski definition) is 3. The number of carbonyl (C=O) groups excluding carboxylic acids is 1. The molecular weight excluding hydrogens is 450 g/mol. The zero-order valence-electron chi connectivity index (χ0n) is 15.0. The van der Waals surface area contributed by atoms with Gasteiger partial charge in [-0.25, -0.2) is 4.39 Å². The van der Waals surface area contributed by atoms with Gasteiger partial charge in [-0.2, -0.15) is 0 Å². The third-order valence-corrected chi connectivity index (χ3v) is 4.79. The molecule has 0 aromatic heterocycles. The Morgan fingerprint density at radius 2 is 2.08 bits per heavy atom. The number of aryl methyl sites for hydroxylation is 1. The van der Waals surface area contributed by atoms with Gasteiger partial charge in [0, 0.05) is 25.7 Å². The molecule has 26 heavy (non-hydrogen) atoms. The zero-order valence-corrected chi connectivity index (χ0v) is 17.4. The van der Waals surface area contributed by atoms with Crippen LogP contribution in [0, 0.1) is 12.7 Å². The van der Waals surface area contributed by atoms with Gasteiger partial charge in [-0.05, 0) is 43.9 Å². The summed E-state index contributed by atoms with van der Waals surface area (Å²) in [5, 5.41) is 9.33. The van der Waals surface area contributed by atoms with Crippen molar-refractivity contribution in [3.05, 3.63) is 35.1 Å². The van der Waals surface area contributed by atoms with Gasteiger partial charge in [-0.1, -0.05) is 6.07 Å². The maximum Gasteiger partial charge on any atom is 0.251 e. The first-order valence-electron chi connectivity index (χ1n) is 8.74. The maximum absolute atomic E-state index is 13.5. The second-order valence-electron chi connectivity index (χ2n) is 6.58. The standard InChI is InChI=1S/C18H25FN4O2.HI/c1-11-3-4-12(9-14(11)19)17(24)21-7-8-22-18(20-2)23-15-10-13-5-6-16(15)25-13;/h3-4,9,13,15-16H,5-8,10H2,1-2H3,(H,21,24)(H2,20,22,23);1H. The molecule has 144 valence electrons. The van der Waals surface area contributed by atoms with Crippen LogP contribution in [0.15, 0.2) is 23.2 Å². The molecule has 2 heterocycles. The zero-order chi connectivity index (χ0) is 17.8. The summed E-state index contributed by atoms with van der Waals surface area (Å²) in [7, 11) is 1.72. The van der Waals surface area contributed by atoms with E-state index in [0.717, 1.165) is 19.3 Å². The van der Waals surface area contributed by atoms with Crippen LogP contribution in [0.4, 0.5) is 4.39 Å². The van der Waals surface area contributed by atoms with E-state index < -0.39 is 0 Å². The van der Waals surface area contributed by atoms with Crippen LogP contribution in [-0.4, -0.2) is 50.3 Å². The van der Waals surface area contributed by atoms with E-state index in [1.54, 1.807) is 26.1 Å². The summed E-state index contributed by atoms with van der Waals surface area (Å²) in [6.07, 6.45) is 3.93. The van der Waals surface area contributed by atoms with E-state index in [-0.39, 0.29) is 41.8 Å². The Morgan fingerprint density at radius 3 is 2.69 bits per heavy atom. The fraction of sp³-hybridized carbons (Fsp3) is 0.556. The number of benzene rings is 1. The highest BCUT2D eigenvalue weighted by Gasteiger charge is 2.41. The van der Waals surface area contributed by atoms with E-state index in [9.17, 15) is 9.18 Å². The Hall–Kier alpha value is -1.42. The molecule has 0 aliphatic carbocycles. The van der Waals surface area contributed by atoms with Gasteiger partial charge in [0.05, 0.1) is 18.2 Å². The molecule has 0 radical (unpaired) electrons. The third-order valence-electron chi connectivity index (χ3n) is 4.79. The number of carbonyl (C=O) groups is 1. The first-order valence-corrected chi connectivity index (χ1v) is 8.74. The minimum absolute atomic E-state index is 0. The van der Waals surface area contributed by atoms with Crippen molar-refractivity contribution < 1.29 is 13.9 Å². The minimum atomic E-state index is -0.372. The van der Waals surface area contributed by atoms with Crippen LogP contribution >= 0.6 is 24.0 Å². The molecule has 3 atom stereocenters. The lowest BCUT2D eigenvalue weighted by atomic mass is 9.96. The average Bonchev–Trinajstić information content (AvgIpc) is 3.22. The first kappa shape index (κ1) is 20.9. The Balaban J connectivity index is 0.00000243. The van der Waals surface area contributed by atoms with Crippen molar-refractivity contribution in [1.82, 2.24) is 16.0 Å². The topological polar surface area (TPSA) is 74.8 Å². The number of aliphatic imine (C=N–C) groups is 1. The largest absolute Gasteiger partial charge is 0.373 e. The Morgan fingerprint density at radius 1 is 1.31 bits per heavy atom. The van der Waals surface area contributed by atoms with E-state index in [1.807, 2.05) is 0 Å². The van der Waals surface area contributed by atoms with Gasteiger partial charge in [0.1, 0.15) is 5.82 Å². The quantitative estimate of drug-likeness (QED) is 0.263. The van der Waals surface area contributed by atoms with Crippen molar-refractivity contribution in [2.45, 2.75) is 44.4 Å². The highest BCUT2D eigenvalue weighted by Crippen LogP contribution is 2.34. The van der Waals surface area contributed by atoms with Crippen molar-refractivity contribution in [3.8, 4) is 0 Å². The van der Waals surface area contributed by atoms with Crippen molar-refractivity contribution in [2.24, 2.45) is 4.99 Å². The molecule has 3 rings (SSSR count). The highest BCUT2D eigenvalue weighted by atomic mass is 127. The molecule has 1 amide bonds. The summed E-state index contributed by atoms with van der Waals surface area (Å²) in [5.41, 5.74) is 0.849. The molecule has 1 aromatic carbocycles. The monoisotopic (exact) mass is 476 g/mol. The van der Waals surface area contributed by atoms with Crippen molar-refractivity contribution in [1.29, 1.82) is 0 Å². The Kier molecular flexibility index (Phi) is 7.63. The van der Waals surface area contributed by atoms with E-state index in [4.69, 9.17) is 4.74 Å². The molecule has 1 aromatic rings. The van der Waals surface area contributed by atoms with Crippen molar-refractivity contribution >= 4 is 35.8 Å². The van der Waals surface area contributed by atoms with Gasteiger partial charge in [-0.15, -0.1) is 24.0 Å². The smallest absolute Gasteiger partial charge is 0.251 e. The van der Waals surface area contributed by atoms with Gasteiger partial charge in [0.25, 0.3) is 5.91 Å². The number of nitrogens with one attached hydrogen (secondary N) is 3. The van der Waals surface area contributed by atoms with Crippen LogP contribution in [0.1, 0.15) is 35.2 Å². The maximum atomic E-state index is 13.5. The lowest BCUT2D eigenvalue weighted by molar-refractivity contribution is 0.0954. The van der Waals surface area contributed by atoms with Crippen LogP contribution in [0.3, 0.4) is 0 Å². The fourth-order valence-electron chi connectivity index (χ4n) is 3.35. The van der Waals surface area contributed by atoms with Crippen LogP contribution in [0.2, 0.25) is 0 Å². The molecule has 2 aliphatic heterocycles. The number of halogens is 2. The second-order valence-corrected chi connectivity index (χ2v) is 6.58. The molecular formula is C18H26FIN4O2. The summed E-state index contributed by atoms with van der Waals surface area (Å²) in [5.74, 6) is 0.0467. The molecule has 3 unspecified atom stereocenters. The molecule has 2 fully saturated rings. The van der Waals surface area contributed by atoms with Gasteiger partial charge < -0.3 is 20.7 Å². The number of ether oxygens (including phenoxy) is 1. The number of guanidine groups is 1. The lowest BCUT2D eigenvalue weighted by Crippen LogP contribution is -2.48. The first-order chi connectivity index (χ1) is 12.1. The minimum Gasteiger partial charge on any atom is -0.373 e. The Bertz CT molecular complexity index is 671. The second kappa shape index (κ2) is 9.50. The average molecular weight is 476 g/mol. The van der Waals surface area contributed by atoms with Crippen molar-refractivity contribution in [2.75, 3.05) is 20.1 Å². The van der Waals surface area contributed by atoms with Gasteiger partial charge in [0.15, 0.2) is 5.96 Å². The summed E-state index contributed by atoms with van der Waals surface area (Å²) < 4.78 is 19.3. The normalized spacial score (nSPS) is 24.1. The predicted octanol–water partition coefficient (Wildman–Crippen LogP) is 1.97. The fourth-order valence-corrected chi connectivity index (χ4v) is 3.35. The molecule has 3 N–H and O–H groups in total. The molecule has 0 spiro atoms. The van der Waals surface area contributed by atoms with Crippen LogP contribution in [-0.2, 0) is 4.74 Å². The van der Waals surface area contributed by atoms with E-state index >= 15 is 0 Å². The summed E-state index contributed by atoms with van der Waals surface area (Å²) in [4.78, 5) is 16.2. The summed E-state index contributed by atoms with van der Waals surface area (Å²) in [6.45, 7) is 2.62. The number of fused-ring (bicyclic) bond motifs is 2. The van der Waals surface area contributed by atoms with Gasteiger partial charge in [-0.3, -0.25) is 9.79 Å². The van der Waals surface area contributed by atoms with E-state index in [2.05, 4.69) is 20.9 Å². The van der Waals surface area contributed by atoms with Crippen LogP contribution < -0.4 is 16.0 Å². The molecule has 6 nitrogen and oxygen atoms in total. The van der Waals surface area contributed by atoms with E-state index in [1.165, 1.54) is 6.07 Å². The van der Waals surface area contributed by atoms with Crippen molar-refractivity contribution in [3.63, 3.8) is 0 Å². The van der Waals surface area contributed by atoms with Crippen LogP contribution in [0.25, 0.3) is 0 Å². The highest BCUT2D eigenvalue weighted by molar-refractivity contribution is 14.0. The van der Waals surface area contributed by atoms with Crippen LogP contribution in [0.5, 0.6) is 0 Å². The Labute approximate surface area is 170 Å².